The van der Waals surface area contributed by atoms with E-state index in [0.717, 1.165) is 18.0 Å². The Kier molecular flexibility index (Phi) is 4.63. The number of nitro groups is 1. The average Bonchev–Trinajstić information content (AvgIpc) is 2.77. The van der Waals surface area contributed by atoms with Crippen LogP contribution in [0.5, 0.6) is 0 Å². The third-order valence-corrected chi connectivity index (χ3v) is 4.75. The van der Waals surface area contributed by atoms with Crippen molar-refractivity contribution in [1.29, 1.82) is 0 Å². The highest BCUT2D eigenvalue weighted by atomic mass is 32.2. The summed E-state index contributed by atoms with van der Waals surface area (Å²) in [7, 11) is 0. The number of anilines is 1. The Morgan fingerprint density at radius 1 is 1.53 bits per heavy atom. The van der Waals surface area contributed by atoms with Crippen molar-refractivity contribution in [2.75, 3.05) is 11.1 Å². The first-order chi connectivity index (χ1) is 9.11. The SMILES string of the molecule is CCSC1CCCC1Nc1ccc([N+](=O)[O-])c(C)n1. The van der Waals surface area contributed by atoms with Crippen molar-refractivity contribution < 1.29 is 4.92 Å². The normalized spacial score (nSPS) is 22.4. The van der Waals surface area contributed by atoms with Crippen LogP contribution in [0.15, 0.2) is 12.1 Å². The van der Waals surface area contributed by atoms with Gasteiger partial charge in [0.25, 0.3) is 5.69 Å². The summed E-state index contributed by atoms with van der Waals surface area (Å²) in [6.45, 7) is 3.85. The summed E-state index contributed by atoms with van der Waals surface area (Å²) in [5.41, 5.74) is 0.546. The molecule has 0 amide bonds. The molecule has 2 atom stereocenters. The van der Waals surface area contributed by atoms with Gasteiger partial charge >= 0.3 is 0 Å². The van der Waals surface area contributed by atoms with E-state index in [1.165, 1.54) is 18.9 Å². The number of pyridine rings is 1. The fourth-order valence-electron chi connectivity index (χ4n) is 2.52. The van der Waals surface area contributed by atoms with Crippen LogP contribution in [-0.4, -0.2) is 27.0 Å². The number of hydrogen-bond acceptors (Lipinski definition) is 5. The highest BCUT2D eigenvalue weighted by molar-refractivity contribution is 7.99. The number of nitrogens with one attached hydrogen (secondary N) is 1. The lowest BCUT2D eigenvalue weighted by Crippen LogP contribution is -2.26. The van der Waals surface area contributed by atoms with E-state index in [9.17, 15) is 10.1 Å². The molecule has 1 aromatic heterocycles. The predicted molar refractivity (Wildman–Crippen MR) is 78.8 cm³/mol. The lowest BCUT2D eigenvalue weighted by Gasteiger charge is -2.20. The van der Waals surface area contributed by atoms with Crippen LogP contribution in [0, 0.1) is 17.0 Å². The highest BCUT2D eigenvalue weighted by Gasteiger charge is 2.27. The molecule has 2 unspecified atom stereocenters. The summed E-state index contributed by atoms with van der Waals surface area (Å²) in [4.78, 5) is 14.7. The van der Waals surface area contributed by atoms with Crippen molar-refractivity contribution in [2.45, 2.75) is 44.4 Å². The molecule has 1 aromatic rings. The molecular weight excluding hydrogens is 262 g/mol. The molecule has 5 nitrogen and oxygen atoms in total. The third kappa shape index (κ3) is 3.37. The molecule has 104 valence electrons. The van der Waals surface area contributed by atoms with Gasteiger partial charge in [-0.25, -0.2) is 4.98 Å². The van der Waals surface area contributed by atoms with Crippen LogP contribution in [0.3, 0.4) is 0 Å². The molecule has 0 radical (unpaired) electrons. The van der Waals surface area contributed by atoms with Crippen molar-refractivity contribution in [3.63, 3.8) is 0 Å². The van der Waals surface area contributed by atoms with Gasteiger partial charge in [-0.3, -0.25) is 10.1 Å². The fraction of sp³-hybridized carbons (Fsp3) is 0.615. The molecule has 0 spiro atoms. The quantitative estimate of drug-likeness (QED) is 0.662. The maximum absolute atomic E-state index is 10.8. The van der Waals surface area contributed by atoms with E-state index in [0.29, 0.717) is 17.0 Å². The summed E-state index contributed by atoms with van der Waals surface area (Å²) in [5, 5.41) is 14.8. The minimum Gasteiger partial charge on any atom is -0.366 e. The van der Waals surface area contributed by atoms with E-state index in [-0.39, 0.29) is 5.69 Å². The second-order valence-corrected chi connectivity index (χ2v) is 6.25. The molecule has 0 aliphatic heterocycles. The summed E-state index contributed by atoms with van der Waals surface area (Å²) >= 11 is 1.98. The number of aryl methyl sites for hydroxylation is 1. The van der Waals surface area contributed by atoms with Gasteiger partial charge in [0.05, 0.1) is 4.92 Å². The number of nitrogens with zero attached hydrogens (tertiary/aromatic N) is 2. The first-order valence-electron chi connectivity index (χ1n) is 6.62. The zero-order valence-corrected chi connectivity index (χ0v) is 12.1. The Morgan fingerprint density at radius 3 is 2.95 bits per heavy atom. The molecule has 2 rings (SSSR count). The lowest BCUT2D eigenvalue weighted by atomic mass is 10.2. The smallest absolute Gasteiger partial charge is 0.290 e. The predicted octanol–water partition coefficient (Wildman–Crippen LogP) is 3.38. The molecule has 1 N–H and O–H groups in total. The molecule has 1 aliphatic rings. The van der Waals surface area contributed by atoms with Gasteiger partial charge in [-0.05, 0) is 31.6 Å². The maximum atomic E-state index is 10.8. The Morgan fingerprint density at radius 2 is 2.32 bits per heavy atom. The lowest BCUT2D eigenvalue weighted by molar-refractivity contribution is -0.385. The summed E-state index contributed by atoms with van der Waals surface area (Å²) in [6, 6.07) is 3.66. The number of thioether (sulfide) groups is 1. The Labute approximate surface area is 117 Å². The van der Waals surface area contributed by atoms with Crippen molar-refractivity contribution in [2.24, 2.45) is 0 Å². The van der Waals surface area contributed by atoms with Crippen molar-refractivity contribution >= 4 is 23.3 Å². The number of hydrogen-bond donors (Lipinski definition) is 1. The van der Waals surface area contributed by atoms with Crippen molar-refractivity contribution in [3.8, 4) is 0 Å². The second-order valence-electron chi connectivity index (χ2n) is 4.73. The molecule has 1 saturated carbocycles. The average molecular weight is 281 g/mol. The molecule has 1 fully saturated rings. The van der Waals surface area contributed by atoms with Crippen LogP contribution in [0.4, 0.5) is 11.5 Å². The topological polar surface area (TPSA) is 68.1 Å². The summed E-state index contributed by atoms with van der Waals surface area (Å²) < 4.78 is 0. The van der Waals surface area contributed by atoms with E-state index in [4.69, 9.17) is 0 Å². The minimum absolute atomic E-state index is 0.0801. The molecule has 1 heterocycles. The largest absolute Gasteiger partial charge is 0.366 e. The molecule has 19 heavy (non-hydrogen) atoms. The first kappa shape index (κ1) is 14.1. The Hall–Kier alpha value is -1.30. The van der Waals surface area contributed by atoms with Crippen LogP contribution in [0.25, 0.3) is 0 Å². The third-order valence-electron chi connectivity index (χ3n) is 3.42. The van der Waals surface area contributed by atoms with Crippen LogP contribution in [-0.2, 0) is 0 Å². The van der Waals surface area contributed by atoms with Gasteiger partial charge in [0.2, 0.25) is 0 Å². The Bertz CT molecular complexity index is 467. The minimum atomic E-state index is -0.391. The van der Waals surface area contributed by atoms with E-state index in [1.54, 1.807) is 13.0 Å². The molecule has 6 heteroatoms. The van der Waals surface area contributed by atoms with Gasteiger partial charge in [0, 0.05) is 17.4 Å². The fourth-order valence-corrected chi connectivity index (χ4v) is 3.72. The van der Waals surface area contributed by atoms with E-state index < -0.39 is 4.92 Å². The zero-order chi connectivity index (χ0) is 13.8. The summed E-state index contributed by atoms with van der Waals surface area (Å²) in [6.07, 6.45) is 3.62. The molecule has 0 aromatic carbocycles. The van der Waals surface area contributed by atoms with Gasteiger partial charge in [-0.15, -0.1) is 0 Å². The van der Waals surface area contributed by atoms with Gasteiger partial charge in [0.1, 0.15) is 11.5 Å². The van der Waals surface area contributed by atoms with Crippen molar-refractivity contribution in [3.05, 3.63) is 27.9 Å². The van der Waals surface area contributed by atoms with E-state index in [2.05, 4.69) is 17.2 Å². The van der Waals surface area contributed by atoms with Gasteiger partial charge < -0.3 is 5.32 Å². The molecular formula is C13H19N3O2S. The zero-order valence-electron chi connectivity index (χ0n) is 11.3. The van der Waals surface area contributed by atoms with Gasteiger partial charge in [-0.2, -0.15) is 11.8 Å². The number of rotatable bonds is 5. The van der Waals surface area contributed by atoms with Gasteiger partial charge in [-0.1, -0.05) is 13.3 Å². The maximum Gasteiger partial charge on any atom is 0.290 e. The van der Waals surface area contributed by atoms with E-state index >= 15 is 0 Å². The molecule has 0 saturated heterocycles. The molecule has 0 bridgehead atoms. The van der Waals surface area contributed by atoms with Gasteiger partial charge in [0.15, 0.2) is 0 Å². The summed E-state index contributed by atoms with van der Waals surface area (Å²) in [5.74, 6) is 1.87. The first-order valence-corrected chi connectivity index (χ1v) is 7.67. The highest BCUT2D eigenvalue weighted by Crippen LogP contribution is 2.32. The van der Waals surface area contributed by atoms with Crippen LogP contribution in [0.2, 0.25) is 0 Å². The Balaban J connectivity index is 2.07. The van der Waals surface area contributed by atoms with Crippen LogP contribution >= 0.6 is 11.8 Å². The van der Waals surface area contributed by atoms with Crippen molar-refractivity contribution in [1.82, 2.24) is 4.98 Å². The standard InChI is InChI=1S/C13H19N3O2S/c1-3-19-12-6-4-5-10(12)15-13-8-7-11(16(17)18)9(2)14-13/h7-8,10,12H,3-6H2,1-2H3,(H,14,15). The monoisotopic (exact) mass is 281 g/mol. The van der Waals surface area contributed by atoms with E-state index in [1.807, 2.05) is 11.8 Å². The van der Waals surface area contributed by atoms with Crippen LogP contribution in [0.1, 0.15) is 31.9 Å². The van der Waals surface area contributed by atoms with Crippen LogP contribution < -0.4 is 5.32 Å². The second kappa shape index (κ2) is 6.23. The number of aromatic nitrogens is 1. The molecule has 1 aliphatic carbocycles.